The highest BCUT2D eigenvalue weighted by Gasteiger charge is 2.41. The normalized spacial score (nSPS) is 16.2. The second kappa shape index (κ2) is 7.28. The van der Waals surface area contributed by atoms with E-state index in [1.165, 1.54) is 32.6 Å². The number of fused-ring (bicyclic) bond motifs is 1. The Balaban J connectivity index is 2.00. The second-order valence-electron chi connectivity index (χ2n) is 6.89. The van der Waals surface area contributed by atoms with E-state index in [4.69, 9.17) is 11.6 Å². The van der Waals surface area contributed by atoms with Gasteiger partial charge in [0.05, 0.1) is 29.6 Å². The number of thiazole rings is 1. The molecule has 1 aliphatic rings. The summed E-state index contributed by atoms with van der Waals surface area (Å²) < 4.78 is 42.8. The Bertz CT molecular complexity index is 1190. The SMILES string of the molecule is CC[n+]1c([O-])c(-c2cccc(C(F)(F)F)c2)c(=O)n2c1N(C)CC2c1cnc(Cl)s1. The van der Waals surface area contributed by atoms with Crippen molar-refractivity contribution in [2.24, 2.45) is 0 Å². The minimum absolute atomic E-state index is 0.0621. The van der Waals surface area contributed by atoms with Crippen LogP contribution in [0.4, 0.5) is 19.1 Å². The number of likely N-dealkylation sites (N-methyl/N-ethyl adjacent to an activating group) is 1. The maximum absolute atomic E-state index is 13.4. The first-order chi connectivity index (χ1) is 14.1. The van der Waals surface area contributed by atoms with Crippen molar-refractivity contribution in [3.05, 3.63) is 55.7 Å². The number of halogens is 4. The van der Waals surface area contributed by atoms with Crippen molar-refractivity contribution in [3.8, 4) is 17.0 Å². The predicted molar refractivity (Wildman–Crippen MR) is 105 cm³/mol. The van der Waals surface area contributed by atoms with Gasteiger partial charge in [-0.05, 0) is 24.6 Å². The van der Waals surface area contributed by atoms with E-state index in [0.29, 0.717) is 17.0 Å². The molecule has 0 N–H and O–H groups in total. The first kappa shape index (κ1) is 20.7. The van der Waals surface area contributed by atoms with Crippen molar-refractivity contribution >= 4 is 28.9 Å². The molecule has 2 aromatic heterocycles. The van der Waals surface area contributed by atoms with Crippen LogP contribution in [-0.2, 0) is 12.7 Å². The average Bonchev–Trinajstić information content (AvgIpc) is 3.26. The molecule has 1 atom stereocenters. The molecule has 11 heteroatoms. The van der Waals surface area contributed by atoms with E-state index in [-0.39, 0.29) is 17.7 Å². The van der Waals surface area contributed by atoms with Crippen LogP contribution >= 0.6 is 22.9 Å². The minimum Gasteiger partial charge on any atom is -0.848 e. The highest BCUT2D eigenvalue weighted by molar-refractivity contribution is 7.15. The Morgan fingerprint density at radius 1 is 1.40 bits per heavy atom. The number of alkyl halides is 3. The van der Waals surface area contributed by atoms with Gasteiger partial charge < -0.3 is 5.11 Å². The van der Waals surface area contributed by atoms with Gasteiger partial charge in [0.15, 0.2) is 10.5 Å². The summed E-state index contributed by atoms with van der Waals surface area (Å²) in [5.41, 5.74) is -1.91. The van der Waals surface area contributed by atoms with Crippen LogP contribution in [0.1, 0.15) is 23.4 Å². The summed E-state index contributed by atoms with van der Waals surface area (Å²) >= 11 is 7.17. The van der Waals surface area contributed by atoms with Gasteiger partial charge >= 0.3 is 17.7 Å². The van der Waals surface area contributed by atoms with E-state index in [1.807, 2.05) is 0 Å². The van der Waals surface area contributed by atoms with Crippen molar-refractivity contribution in [2.45, 2.75) is 25.7 Å². The molecule has 3 heterocycles. The van der Waals surface area contributed by atoms with E-state index in [2.05, 4.69) is 4.98 Å². The van der Waals surface area contributed by atoms with Crippen LogP contribution in [0.2, 0.25) is 4.47 Å². The van der Waals surface area contributed by atoms with Gasteiger partial charge in [0.1, 0.15) is 6.54 Å². The van der Waals surface area contributed by atoms with Gasteiger partial charge in [-0.15, -0.1) is 11.3 Å². The lowest BCUT2D eigenvalue weighted by atomic mass is 10.0. The molecule has 1 aliphatic heterocycles. The number of aromatic nitrogens is 3. The largest absolute Gasteiger partial charge is 0.848 e. The van der Waals surface area contributed by atoms with Crippen molar-refractivity contribution < 1.29 is 22.8 Å². The van der Waals surface area contributed by atoms with E-state index in [1.54, 1.807) is 25.1 Å². The average molecular weight is 457 g/mol. The molecule has 1 unspecified atom stereocenters. The van der Waals surface area contributed by atoms with Gasteiger partial charge in [-0.3, -0.25) is 9.69 Å². The molecule has 4 rings (SSSR count). The highest BCUT2D eigenvalue weighted by atomic mass is 35.5. The second-order valence-corrected chi connectivity index (χ2v) is 8.53. The van der Waals surface area contributed by atoms with E-state index >= 15 is 0 Å². The summed E-state index contributed by atoms with van der Waals surface area (Å²) in [5, 5.41) is 13.1. The predicted octanol–water partition coefficient (Wildman–Crippen LogP) is 3.06. The Morgan fingerprint density at radius 3 is 2.73 bits per heavy atom. The van der Waals surface area contributed by atoms with Crippen LogP contribution in [0.15, 0.2) is 35.3 Å². The summed E-state index contributed by atoms with van der Waals surface area (Å²) in [4.78, 5) is 20.0. The number of benzene rings is 1. The van der Waals surface area contributed by atoms with Crippen LogP contribution in [0.3, 0.4) is 0 Å². The van der Waals surface area contributed by atoms with Crippen molar-refractivity contribution in [1.82, 2.24) is 9.55 Å². The Morgan fingerprint density at radius 2 is 2.13 bits per heavy atom. The first-order valence-corrected chi connectivity index (χ1v) is 10.2. The quantitative estimate of drug-likeness (QED) is 0.568. The molecule has 3 aromatic rings. The zero-order valence-electron chi connectivity index (χ0n) is 15.9. The van der Waals surface area contributed by atoms with Crippen LogP contribution < -0.4 is 20.1 Å². The molecular formula is C19H16ClF3N4O2S. The summed E-state index contributed by atoms with van der Waals surface area (Å²) in [7, 11) is 1.75. The van der Waals surface area contributed by atoms with Gasteiger partial charge in [0, 0.05) is 12.1 Å². The molecule has 0 bridgehead atoms. The third-order valence-corrected chi connectivity index (χ3v) is 6.28. The minimum atomic E-state index is -4.59. The van der Waals surface area contributed by atoms with E-state index in [9.17, 15) is 23.1 Å². The zero-order chi connectivity index (χ0) is 21.8. The first-order valence-electron chi connectivity index (χ1n) is 9.02. The van der Waals surface area contributed by atoms with E-state index in [0.717, 1.165) is 17.0 Å². The van der Waals surface area contributed by atoms with Crippen LogP contribution in [0.5, 0.6) is 5.88 Å². The fraction of sp³-hybridized carbons (Fsp3) is 0.316. The van der Waals surface area contributed by atoms with Gasteiger partial charge in [0.25, 0.3) is 0 Å². The molecule has 158 valence electrons. The van der Waals surface area contributed by atoms with Crippen LogP contribution in [0, 0.1) is 0 Å². The summed E-state index contributed by atoms with van der Waals surface area (Å²) in [5.74, 6) is -0.222. The number of anilines is 1. The third kappa shape index (κ3) is 3.24. The lowest BCUT2D eigenvalue weighted by molar-refractivity contribution is -0.723. The summed E-state index contributed by atoms with van der Waals surface area (Å²) in [6.07, 6.45) is -3.02. The molecule has 30 heavy (non-hydrogen) atoms. The number of rotatable bonds is 3. The zero-order valence-corrected chi connectivity index (χ0v) is 17.5. The molecule has 0 saturated carbocycles. The standard InChI is InChI=1S/C19H16ClF3N4O2S/c1-3-26-15(28)14(10-5-4-6-11(7-10)19(21,22)23)16(29)27-12(9-25(2)18(26)27)13-8-24-17(20)30-13/h4-8,12H,3,9H2,1-2H3. The summed E-state index contributed by atoms with van der Waals surface area (Å²) in [6, 6.07) is 3.82. The fourth-order valence-corrected chi connectivity index (χ4v) is 4.81. The molecule has 0 saturated heterocycles. The maximum atomic E-state index is 13.4. The third-order valence-electron chi connectivity index (χ3n) is 5.07. The van der Waals surface area contributed by atoms with Crippen molar-refractivity contribution in [3.63, 3.8) is 0 Å². The fourth-order valence-electron chi connectivity index (χ4n) is 3.77. The smallest absolute Gasteiger partial charge is 0.416 e. The van der Waals surface area contributed by atoms with Gasteiger partial charge in [-0.1, -0.05) is 23.7 Å². The molecule has 6 nitrogen and oxygen atoms in total. The van der Waals surface area contributed by atoms with E-state index < -0.39 is 29.2 Å². The van der Waals surface area contributed by atoms with Crippen molar-refractivity contribution in [2.75, 3.05) is 18.5 Å². The number of nitrogens with zero attached hydrogens (tertiary/aromatic N) is 4. The Labute approximate surface area is 178 Å². The molecule has 0 radical (unpaired) electrons. The molecule has 0 aliphatic carbocycles. The maximum Gasteiger partial charge on any atom is 0.416 e. The number of hydrogen-bond donors (Lipinski definition) is 0. The van der Waals surface area contributed by atoms with Crippen LogP contribution in [0.25, 0.3) is 11.1 Å². The van der Waals surface area contributed by atoms with Gasteiger partial charge in [-0.25, -0.2) is 9.55 Å². The molecular weight excluding hydrogens is 441 g/mol. The van der Waals surface area contributed by atoms with Crippen LogP contribution in [-0.4, -0.2) is 23.1 Å². The lowest BCUT2D eigenvalue weighted by Crippen LogP contribution is -2.46. The highest BCUT2D eigenvalue weighted by Crippen LogP contribution is 2.37. The molecule has 0 spiro atoms. The topological polar surface area (TPSA) is 65.1 Å². The molecule has 0 amide bonds. The van der Waals surface area contributed by atoms with Gasteiger partial charge in [0.2, 0.25) is 0 Å². The molecule has 1 aromatic carbocycles. The number of hydrogen-bond acceptors (Lipinski definition) is 5. The Kier molecular flexibility index (Phi) is 5.01. The van der Waals surface area contributed by atoms with Crippen molar-refractivity contribution in [1.29, 1.82) is 0 Å². The lowest BCUT2D eigenvalue weighted by Gasteiger charge is -2.21. The Hall–Kier alpha value is -2.59. The molecule has 0 fully saturated rings. The van der Waals surface area contributed by atoms with Gasteiger partial charge in [-0.2, -0.15) is 17.7 Å². The monoisotopic (exact) mass is 456 g/mol. The summed E-state index contributed by atoms with van der Waals surface area (Å²) in [6.45, 7) is 2.40.